The van der Waals surface area contributed by atoms with Gasteiger partial charge in [0.25, 0.3) is 5.91 Å². The van der Waals surface area contributed by atoms with Crippen LogP contribution in [0.4, 0.5) is 0 Å². The van der Waals surface area contributed by atoms with Gasteiger partial charge in [-0.2, -0.15) is 5.10 Å². The zero-order valence-corrected chi connectivity index (χ0v) is 15.8. The number of thioether (sulfide) groups is 1. The molecule has 1 aromatic heterocycles. The van der Waals surface area contributed by atoms with Crippen LogP contribution in [0.1, 0.15) is 5.56 Å². The minimum Gasteiger partial charge on any atom is -0.497 e. The van der Waals surface area contributed by atoms with E-state index in [0.29, 0.717) is 5.16 Å². The molecule has 0 aliphatic heterocycles. The number of benzene rings is 2. The highest BCUT2D eigenvalue weighted by molar-refractivity contribution is 7.99. The number of carbonyl (C=O) groups is 1. The number of ether oxygens (including phenoxy) is 1. The SMILES string of the molecule is COc1cccc(/C=N\NC(=O)CSc2nnc(-c3ccccc3)n2C)c1. The fraction of sp³-hybridized carbons (Fsp3) is 0.158. The second-order valence-electron chi connectivity index (χ2n) is 5.59. The van der Waals surface area contributed by atoms with E-state index in [2.05, 4.69) is 20.7 Å². The zero-order chi connectivity index (χ0) is 19.1. The molecule has 8 heteroatoms. The molecule has 0 aliphatic carbocycles. The van der Waals surface area contributed by atoms with Crippen molar-refractivity contribution in [2.75, 3.05) is 12.9 Å². The van der Waals surface area contributed by atoms with Gasteiger partial charge < -0.3 is 9.30 Å². The summed E-state index contributed by atoms with van der Waals surface area (Å²) in [4.78, 5) is 12.0. The molecule has 0 bridgehead atoms. The summed E-state index contributed by atoms with van der Waals surface area (Å²) in [5, 5.41) is 13.0. The lowest BCUT2D eigenvalue weighted by Gasteiger charge is -2.03. The van der Waals surface area contributed by atoms with Crippen LogP contribution in [-0.4, -0.2) is 39.7 Å². The highest BCUT2D eigenvalue weighted by atomic mass is 32.2. The maximum Gasteiger partial charge on any atom is 0.250 e. The lowest BCUT2D eigenvalue weighted by molar-refractivity contribution is -0.118. The van der Waals surface area contributed by atoms with Crippen molar-refractivity contribution in [3.8, 4) is 17.1 Å². The molecule has 1 heterocycles. The number of hydrogen-bond acceptors (Lipinski definition) is 6. The molecule has 0 saturated carbocycles. The van der Waals surface area contributed by atoms with Crippen molar-refractivity contribution < 1.29 is 9.53 Å². The zero-order valence-electron chi connectivity index (χ0n) is 15.0. The summed E-state index contributed by atoms with van der Waals surface area (Å²) < 4.78 is 7.02. The molecule has 0 fully saturated rings. The van der Waals surface area contributed by atoms with Crippen LogP contribution in [0.2, 0.25) is 0 Å². The van der Waals surface area contributed by atoms with Gasteiger partial charge >= 0.3 is 0 Å². The van der Waals surface area contributed by atoms with Gasteiger partial charge in [-0.1, -0.05) is 54.2 Å². The van der Waals surface area contributed by atoms with Crippen LogP contribution in [-0.2, 0) is 11.8 Å². The van der Waals surface area contributed by atoms with Gasteiger partial charge in [0, 0.05) is 12.6 Å². The normalized spacial score (nSPS) is 10.9. The number of hydrogen-bond donors (Lipinski definition) is 1. The van der Waals surface area contributed by atoms with Crippen LogP contribution in [0.3, 0.4) is 0 Å². The Balaban J connectivity index is 1.54. The monoisotopic (exact) mass is 381 g/mol. The van der Waals surface area contributed by atoms with Gasteiger partial charge in [0.1, 0.15) is 5.75 Å². The topological polar surface area (TPSA) is 81.4 Å². The van der Waals surface area contributed by atoms with Gasteiger partial charge in [0.05, 0.1) is 19.1 Å². The first-order valence-electron chi connectivity index (χ1n) is 8.21. The van der Waals surface area contributed by atoms with E-state index in [1.807, 2.05) is 66.2 Å². The van der Waals surface area contributed by atoms with E-state index in [4.69, 9.17) is 4.74 Å². The third-order valence-electron chi connectivity index (χ3n) is 3.70. The number of hydrazone groups is 1. The van der Waals surface area contributed by atoms with E-state index in [-0.39, 0.29) is 11.7 Å². The number of amides is 1. The van der Waals surface area contributed by atoms with Crippen molar-refractivity contribution in [3.05, 3.63) is 60.2 Å². The minimum atomic E-state index is -0.219. The molecule has 0 aliphatic rings. The molecule has 7 nitrogen and oxygen atoms in total. The Morgan fingerprint density at radius 2 is 2.04 bits per heavy atom. The first-order valence-corrected chi connectivity index (χ1v) is 9.19. The third kappa shape index (κ3) is 4.95. The molecule has 0 atom stereocenters. The summed E-state index contributed by atoms with van der Waals surface area (Å²) in [5.74, 6) is 1.46. The second kappa shape index (κ2) is 9.00. The number of nitrogens with zero attached hydrogens (tertiary/aromatic N) is 4. The summed E-state index contributed by atoms with van der Waals surface area (Å²) in [7, 11) is 3.48. The van der Waals surface area contributed by atoms with Crippen molar-refractivity contribution >= 4 is 23.9 Å². The second-order valence-corrected chi connectivity index (χ2v) is 6.53. The largest absolute Gasteiger partial charge is 0.497 e. The van der Waals surface area contributed by atoms with Gasteiger partial charge in [0.2, 0.25) is 0 Å². The predicted molar refractivity (Wildman–Crippen MR) is 106 cm³/mol. The summed E-state index contributed by atoms with van der Waals surface area (Å²) in [6.07, 6.45) is 1.57. The van der Waals surface area contributed by atoms with Gasteiger partial charge in [-0.05, 0) is 17.7 Å². The minimum absolute atomic E-state index is 0.191. The number of aromatic nitrogens is 3. The molecule has 0 saturated heterocycles. The number of carbonyl (C=O) groups excluding carboxylic acids is 1. The van der Waals surface area contributed by atoms with Crippen molar-refractivity contribution in [2.45, 2.75) is 5.16 Å². The van der Waals surface area contributed by atoms with Gasteiger partial charge in [0.15, 0.2) is 11.0 Å². The van der Waals surface area contributed by atoms with Crippen molar-refractivity contribution in [3.63, 3.8) is 0 Å². The van der Waals surface area contributed by atoms with Gasteiger partial charge in [-0.15, -0.1) is 10.2 Å². The summed E-state index contributed by atoms with van der Waals surface area (Å²) in [5.41, 5.74) is 4.32. The summed E-state index contributed by atoms with van der Waals surface area (Å²) >= 11 is 1.31. The Morgan fingerprint density at radius 3 is 2.81 bits per heavy atom. The fourth-order valence-electron chi connectivity index (χ4n) is 2.34. The van der Waals surface area contributed by atoms with E-state index in [1.165, 1.54) is 11.8 Å². The van der Waals surface area contributed by atoms with Crippen molar-refractivity contribution in [1.82, 2.24) is 20.2 Å². The molecule has 0 unspecified atom stereocenters. The molecule has 3 rings (SSSR count). The number of nitrogens with one attached hydrogen (secondary N) is 1. The third-order valence-corrected chi connectivity index (χ3v) is 4.72. The van der Waals surface area contributed by atoms with E-state index < -0.39 is 0 Å². The molecule has 27 heavy (non-hydrogen) atoms. The Labute approximate surface area is 161 Å². The quantitative estimate of drug-likeness (QED) is 0.387. The van der Waals surface area contributed by atoms with E-state index in [9.17, 15) is 4.79 Å². The van der Waals surface area contributed by atoms with Crippen molar-refractivity contribution in [1.29, 1.82) is 0 Å². The molecule has 2 aromatic carbocycles. The standard InChI is InChI=1S/C19H19N5O2S/c1-24-18(15-8-4-3-5-9-15)22-23-19(24)27-13-17(25)21-20-12-14-7-6-10-16(11-14)26-2/h3-12H,13H2,1-2H3,(H,21,25)/b20-12-. The average Bonchev–Trinajstić information content (AvgIpc) is 3.07. The van der Waals surface area contributed by atoms with Crippen LogP contribution in [0, 0.1) is 0 Å². The Bertz CT molecular complexity index is 940. The van der Waals surface area contributed by atoms with E-state index in [1.54, 1.807) is 13.3 Å². The molecular formula is C19H19N5O2S. The fourth-order valence-corrected chi connectivity index (χ4v) is 3.05. The Morgan fingerprint density at radius 1 is 1.22 bits per heavy atom. The first kappa shape index (κ1) is 18.7. The van der Waals surface area contributed by atoms with E-state index in [0.717, 1.165) is 22.7 Å². The molecule has 3 aromatic rings. The highest BCUT2D eigenvalue weighted by Crippen LogP contribution is 2.22. The number of rotatable bonds is 7. The Kier molecular flexibility index (Phi) is 6.22. The first-order chi connectivity index (χ1) is 13.2. The molecule has 138 valence electrons. The maximum absolute atomic E-state index is 12.0. The van der Waals surface area contributed by atoms with Crippen LogP contribution in [0.5, 0.6) is 5.75 Å². The predicted octanol–water partition coefficient (Wildman–Crippen LogP) is 2.73. The van der Waals surface area contributed by atoms with Crippen LogP contribution < -0.4 is 10.2 Å². The lowest BCUT2D eigenvalue weighted by atomic mass is 10.2. The van der Waals surface area contributed by atoms with E-state index >= 15 is 0 Å². The van der Waals surface area contributed by atoms with Crippen LogP contribution in [0.15, 0.2) is 64.9 Å². The van der Waals surface area contributed by atoms with Crippen LogP contribution >= 0.6 is 11.8 Å². The average molecular weight is 381 g/mol. The molecule has 0 spiro atoms. The molecule has 0 radical (unpaired) electrons. The van der Waals surface area contributed by atoms with Gasteiger partial charge in [-0.25, -0.2) is 5.43 Å². The van der Waals surface area contributed by atoms with Crippen molar-refractivity contribution in [2.24, 2.45) is 12.1 Å². The summed E-state index contributed by atoms with van der Waals surface area (Å²) in [6, 6.07) is 17.2. The molecular weight excluding hydrogens is 362 g/mol. The smallest absolute Gasteiger partial charge is 0.250 e. The highest BCUT2D eigenvalue weighted by Gasteiger charge is 2.12. The Hall–Kier alpha value is -3.13. The number of methoxy groups -OCH3 is 1. The van der Waals surface area contributed by atoms with Crippen LogP contribution in [0.25, 0.3) is 11.4 Å². The van der Waals surface area contributed by atoms with Gasteiger partial charge in [-0.3, -0.25) is 4.79 Å². The molecule has 1 amide bonds. The summed E-state index contributed by atoms with van der Waals surface area (Å²) in [6.45, 7) is 0. The maximum atomic E-state index is 12.0. The molecule has 1 N–H and O–H groups in total. The lowest BCUT2D eigenvalue weighted by Crippen LogP contribution is -2.19.